The lowest BCUT2D eigenvalue weighted by atomic mass is 10.1. The maximum atomic E-state index is 12.2. The van der Waals surface area contributed by atoms with Gasteiger partial charge in [-0.3, -0.25) is 4.79 Å². The second-order valence-electron chi connectivity index (χ2n) is 7.06. The predicted octanol–water partition coefficient (Wildman–Crippen LogP) is 1.02. The Morgan fingerprint density at radius 3 is 2.48 bits per heavy atom. The van der Waals surface area contributed by atoms with Gasteiger partial charge in [-0.1, -0.05) is 35.9 Å². The maximum absolute atomic E-state index is 12.2. The summed E-state index contributed by atoms with van der Waals surface area (Å²) in [5.41, 5.74) is 3.28. The molecule has 0 bridgehead atoms. The van der Waals surface area contributed by atoms with Crippen LogP contribution in [0.5, 0.6) is 0 Å². The molecule has 0 radical (unpaired) electrons. The van der Waals surface area contributed by atoms with Crippen LogP contribution in [-0.4, -0.2) is 38.8 Å². The Bertz CT molecular complexity index is 728. The number of carbonyl (C=O) groups excluding carboxylic acids is 1. The number of nitrogens with two attached hydrogens (primary N) is 1. The van der Waals surface area contributed by atoms with E-state index < -0.39 is 0 Å². The first-order valence-corrected chi connectivity index (χ1v) is 9.87. The lowest BCUT2D eigenvalue weighted by molar-refractivity contribution is -0.921. The highest BCUT2D eigenvalue weighted by Crippen LogP contribution is 2.13. The summed E-state index contributed by atoms with van der Waals surface area (Å²) in [5.74, 6) is 0.00219. The van der Waals surface area contributed by atoms with Gasteiger partial charge in [0.05, 0.1) is 13.2 Å². The number of amides is 1. The highest BCUT2D eigenvalue weighted by atomic mass is 35.5. The van der Waals surface area contributed by atoms with Gasteiger partial charge in [0, 0.05) is 21.8 Å². The summed E-state index contributed by atoms with van der Waals surface area (Å²) in [6.45, 7) is 7.26. The molecule has 1 heterocycles. The lowest BCUT2D eigenvalue weighted by Crippen LogP contribution is -3.12. The van der Waals surface area contributed by atoms with Crippen LogP contribution >= 0.6 is 11.6 Å². The minimum Gasteiger partial charge on any atom is -0.370 e. The summed E-state index contributed by atoms with van der Waals surface area (Å²) in [5, 5.41) is 5.72. The second-order valence-corrected chi connectivity index (χ2v) is 7.50. The molecule has 4 N–H and O–H groups in total. The number of morpholine rings is 1. The molecule has 3 rings (SSSR count). The number of rotatable bonds is 7. The van der Waals surface area contributed by atoms with E-state index in [1.807, 2.05) is 41.7 Å². The number of ether oxygens (including phenoxy) is 1. The van der Waals surface area contributed by atoms with E-state index in [4.69, 9.17) is 16.3 Å². The van der Waals surface area contributed by atoms with Crippen molar-refractivity contribution in [3.8, 4) is 0 Å². The molecule has 1 amide bonds. The van der Waals surface area contributed by atoms with E-state index in [9.17, 15) is 4.79 Å². The zero-order chi connectivity index (χ0) is 19.1. The lowest BCUT2D eigenvalue weighted by Gasteiger charge is -2.23. The highest BCUT2D eigenvalue weighted by molar-refractivity contribution is 6.30. The number of hydrogen-bond acceptors (Lipinski definition) is 2. The first kappa shape index (κ1) is 19.8. The standard InChI is InChI=1S/C21H26ClN3O2/c1-16(18-4-6-19(22)7-5-18)23-14-21(26)24-20-8-2-17(3-9-20)15-25-10-12-27-13-11-25/h2-9,16,23H,10-15H2,1H3,(H,24,26)/p+2/t16-/m1/s1. The summed E-state index contributed by atoms with van der Waals surface area (Å²) in [7, 11) is 0. The molecule has 2 aromatic rings. The number of halogens is 1. The molecule has 2 aromatic carbocycles. The molecular weight excluding hydrogens is 362 g/mol. The van der Waals surface area contributed by atoms with Crippen molar-refractivity contribution in [3.63, 3.8) is 0 Å². The van der Waals surface area contributed by atoms with Gasteiger partial charge in [0.25, 0.3) is 5.91 Å². The van der Waals surface area contributed by atoms with Crippen LogP contribution in [0.2, 0.25) is 5.02 Å². The third kappa shape index (κ3) is 6.33. The quantitative estimate of drug-likeness (QED) is 0.662. The highest BCUT2D eigenvalue weighted by Gasteiger charge is 2.14. The molecule has 27 heavy (non-hydrogen) atoms. The number of carbonyl (C=O) groups is 1. The summed E-state index contributed by atoms with van der Waals surface area (Å²) >= 11 is 5.92. The molecule has 0 unspecified atom stereocenters. The van der Waals surface area contributed by atoms with Crippen LogP contribution in [0.25, 0.3) is 0 Å². The average Bonchev–Trinajstić information content (AvgIpc) is 2.69. The van der Waals surface area contributed by atoms with Gasteiger partial charge >= 0.3 is 0 Å². The van der Waals surface area contributed by atoms with Gasteiger partial charge in [-0.15, -0.1) is 0 Å². The van der Waals surface area contributed by atoms with Crippen LogP contribution in [0, 0.1) is 0 Å². The fourth-order valence-electron chi connectivity index (χ4n) is 3.23. The van der Waals surface area contributed by atoms with Crippen molar-refractivity contribution in [2.24, 2.45) is 0 Å². The van der Waals surface area contributed by atoms with Crippen LogP contribution in [0.3, 0.4) is 0 Å². The van der Waals surface area contributed by atoms with E-state index in [-0.39, 0.29) is 11.9 Å². The molecule has 144 valence electrons. The number of hydrogen-bond donors (Lipinski definition) is 3. The van der Waals surface area contributed by atoms with E-state index in [2.05, 4.69) is 24.4 Å². The summed E-state index contributed by atoms with van der Waals surface area (Å²) < 4.78 is 5.40. The molecule has 1 aliphatic rings. The topological polar surface area (TPSA) is 59.4 Å². The Morgan fingerprint density at radius 2 is 1.81 bits per heavy atom. The van der Waals surface area contributed by atoms with E-state index in [1.54, 1.807) is 4.90 Å². The monoisotopic (exact) mass is 389 g/mol. The van der Waals surface area contributed by atoms with Gasteiger partial charge in [0.15, 0.2) is 6.54 Å². The van der Waals surface area contributed by atoms with Gasteiger partial charge in [0.1, 0.15) is 25.7 Å². The molecule has 6 heteroatoms. The molecule has 0 aromatic heterocycles. The minimum absolute atomic E-state index is 0.00219. The van der Waals surface area contributed by atoms with Crippen molar-refractivity contribution in [3.05, 3.63) is 64.7 Å². The van der Waals surface area contributed by atoms with E-state index >= 15 is 0 Å². The van der Waals surface area contributed by atoms with Gasteiger partial charge in [-0.05, 0) is 31.2 Å². The van der Waals surface area contributed by atoms with Crippen LogP contribution in [-0.2, 0) is 16.1 Å². The Hall–Kier alpha value is -1.92. The molecule has 1 atom stereocenters. The first-order valence-electron chi connectivity index (χ1n) is 9.49. The van der Waals surface area contributed by atoms with Crippen molar-refractivity contribution in [1.82, 2.24) is 0 Å². The third-order valence-corrected chi connectivity index (χ3v) is 5.20. The Kier molecular flexibility index (Phi) is 7.24. The van der Waals surface area contributed by atoms with Gasteiger partial charge in [-0.2, -0.15) is 0 Å². The molecule has 1 fully saturated rings. The SMILES string of the molecule is C[C@@H]([NH2+]CC(=O)Nc1ccc(C[NH+]2CCOCC2)cc1)c1ccc(Cl)cc1. The fraction of sp³-hybridized carbons (Fsp3) is 0.381. The number of quaternary nitrogens is 2. The van der Waals surface area contributed by atoms with Crippen LogP contribution in [0.15, 0.2) is 48.5 Å². The Morgan fingerprint density at radius 1 is 1.15 bits per heavy atom. The van der Waals surface area contributed by atoms with Crippen molar-refractivity contribution in [2.45, 2.75) is 19.5 Å². The molecular formula is C21H28ClN3O2+2. The van der Waals surface area contributed by atoms with Gasteiger partial charge in [0.2, 0.25) is 0 Å². The molecule has 0 spiro atoms. The largest absolute Gasteiger partial charge is 0.370 e. The van der Waals surface area contributed by atoms with Crippen molar-refractivity contribution in [1.29, 1.82) is 0 Å². The zero-order valence-electron chi connectivity index (χ0n) is 15.7. The maximum Gasteiger partial charge on any atom is 0.279 e. The smallest absolute Gasteiger partial charge is 0.279 e. The van der Waals surface area contributed by atoms with Crippen molar-refractivity contribution < 1.29 is 19.7 Å². The van der Waals surface area contributed by atoms with Gasteiger partial charge in [-0.25, -0.2) is 0 Å². The summed E-state index contributed by atoms with van der Waals surface area (Å²) in [4.78, 5) is 13.8. The molecule has 5 nitrogen and oxygen atoms in total. The van der Waals surface area contributed by atoms with E-state index in [1.165, 1.54) is 5.56 Å². The Labute approximate surface area is 165 Å². The minimum atomic E-state index is 0.00219. The van der Waals surface area contributed by atoms with E-state index in [0.29, 0.717) is 6.54 Å². The molecule has 0 saturated carbocycles. The predicted molar refractivity (Wildman–Crippen MR) is 107 cm³/mol. The summed E-state index contributed by atoms with van der Waals surface area (Å²) in [6, 6.07) is 16.1. The van der Waals surface area contributed by atoms with Crippen LogP contribution in [0.4, 0.5) is 5.69 Å². The molecule has 0 aliphatic carbocycles. The number of benzene rings is 2. The van der Waals surface area contributed by atoms with Crippen molar-refractivity contribution >= 4 is 23.2 Å². The van der Waals surface area contributed by atoms with Crippen LogP contribution < -0.4 is 15.5 Å². The molecule has 1 saturated heterocycles. The van der Waals surface area contributed by atoms with Crippen molar-refractivity contribution in [2.75, 3.05) is 38.2 Å². The summed E-state index contributed by atoms with van der Waals surface area (Å²) in [6.07, 6.45) is 0. The fourth-order valence-corrected chi connectivity index (χ4v) is 3.36. The number of nitrogens with one attached hydrogen (secondary N) is 2. The second kappa shape index (κ2) is 9.85. The average molecular weight is 390 g/mol. The van der Waals surface area contributed by atoms with Crippen LogP contribution in [0.1, 0.15) is 24.1 Å². The van der Waals surface area contributed by atoms with Gasteiger partial charge < -0.3 is 20.3 Å². The first-order chi connectivity index (χ1) is 13.1. The Balaban J connectivity index is 1.44. The zero-order valence-corrected chi connectivity index (χ0v) is 16.5. The van der Waals surface area contributed by atoms with E-state index in [0.717, 1.165) is 49.1 Å². The normalized spacial score (nSPS) is 16.1. The molecule has 1 aliphatic heterocycles. The number of anilines is 1. The third-order valence-electron chi connectivity index (χ3n) is 4.94.